The number of anilines is 4. The molecule has 12 nitrogen and oxygen atoms in total. The van der Waals surface area contributed by atoms with Gasteiger partial charge in [0.2, 0.25) is 5.91 Å². The number of imidazole rings is 1. The summed E-state index contributed by atoms with van der Waals surface area (Å²) in [6.45, 7) is -0.0250. The molecule has 0 bridgehead atoms. The summed E-state index contributed by atoms with van der Waals surface area (Å²) in [5, 5.41) is 16.8. The maximum absolute atomic E-state index is 14.1. The number of fused-ring (bicyclic) bond motifs is 1. The number of hydrogen-bond acceptors (Lipinski definition) is 9. The molecular formula is C25H27FN10O2. The van der Waals surface area contributed by atoms with E-state index in [1.165, 1.54) is 23.0 Å². The third-order valence-electron chi connectivity index (χ3n) is 6.28. The molecule has 0 atom stereocenters. The van der Waals surface area contributed by atoms with Gasteiger partial charge in [0.25, 0.3) is 5.91 Å². The van der Waals surface area contributed by atoms with Crippen LogP contribution in [0.5, 0.6) is 0 Å². The molecule has 38 heavy (non-hydrogen) atoms. The van der Waals surface area contributed by atoms with Crippen LogP contribution in [0.4, 0.5) is 27.4 Å². The number of nitrogens with two attached hydrogens (primary N) is 1. The van der Waals surface area contributed by atoms with Gasteiger partial charge in [-0.3, -0.25) is 14.6 Å². The first-order valence-electron chi connectivity index (χ1n) is 12.2. The first kappa shape index (κ1) is 25.0. The lowest BCUT2D eigenvalue weighted by atomic mass is 9.91. The monoisotopic (exact) mass is 518 g/mol. The fourth-order valence-electron chi connectivity index (χ4n) is 4.40. The molecule has 0 radical (unpaired) electrons. The molecule has 196 valence electrons. The van der Waals surface area contributed by atoms with Crippen LogP contribution in [-0.4, -0.2) is 55.0 Å². The Labute approximate surface area is 217 Å². The zero-order chi connectivity index (χ0) is 26.5. The van der Waals surface area contributed by atoms with Gasteiger partial charge >= 0.3 is 0 Å². The van der Waals surface area contributed by atoms with Crippen LogP contribution in [0.25, 0.3) is 5.65 Å². The lowest BCUT2D eigenvalue weighted by Crippen LogP contribution is -2.42. The van der Waals surface area contributed by atoms with E-state index in [4.69, 9.17) is 5.73 Å². The standard InChI is InChI=1S/C25H27FN10O2/c26-17-13-28-10-8-18(17)34-25(38)20-14-30-24-19(33-21-3-1-2-9-29-21)11-22(35-36(20)24)31-15-4-6-16(7-5-15)32-23(37)12-27/h1-3,8-11,13-16H,4-7,12,27H2,(H,29,33)(H,31,35)(H,32,37)(H,28,34,38)/t15-,16-. The minimum absolute atomic E-state index is 0.000417. The van der Waals surface area contributed by atoms with Crippen LogP contribution in [0, 0.1) is 5.82 Å². The van der Waals surface area contributed by atoms with Crippen molar-refractivity contribution < 1.29 is 14.0 Å². The van der Waals surface area contributed by atoms with Gasteiger partial charge in [0.05, 0.1) is 30.3 Å². The number of carbonyl (C=O) groups excluding carboxylic acids is 2. The average Bonchev–Trinajstić information content (AvgIpc) is 3.36. The van der Waals surface area contributed by atoms with Crippen LogP contribution in [0.2, 0.25) is 0 Å². The Morgan fingerprint density at radius 3 is 2.55 bits per heavy atom. The molecule has 0 unspecified atom stereocenters. The Hall–Kier alpha value is -4.65. The van der Waals surface area contributed by atoms with Gasteiger partial charge in [0, 0.05) is 30.5 Å². The smallest absolute Gasteiger partial charge is 0.276 e. The zero-order valence-electron chi connectivity index (χ0n) is 20.4. The molecule has 0 saturated heterocycles. The van der Waals surface area contributed by atoms with E-state index in [1.807, 2.05) is 24.3 Å². The first-order valence-corrected chi connectivity index (χ1v) is 12.2. The Morgan fingerprint density at radius 1 is 1.00 bits per heavy atom. The van der Waals surface area contributed by atoms with E-state index in [1.54, 1.807) is 6.20 Å². The Balaban J connectivity index is 1.41. The number of nitrogens with one attached hydrogen (secondary N) is 4. The Bertz CT molecular complexity index is 1440. The lowest BCUT2D eigenvalue weighted by Gasteiger charge is -2.30. The van der Waals surface area contributed by atoms with E-state index in [-0.39, 0.29) is 35.9 Å². The molecule has 1 fully saturated rings. The molecule has 2 amide bonds. The van der Waals surface area contributed by atoms with E-state index in [0.717, 1.165) is 31.9 Å². The molecule has 5 rings (SSSR count). The van der Waals surface area contributed by atoms with Crippen molar-refractivity contribution >= 4 is 40.5 Å². The highest BCUT2D eigenvalue weighted by molar-refractivity contribution is 6.03. The van der Waals surface area contributed by atoms with Crippen molar-refractivity contribution in [3.05, 3.63) is 66.6 Å². The number of nitrogens with zero attached hydrogens (tertiary/aromatic N) is 5. The van der Waals surface area contributed by atoms with Crippen LogP contribution in [-0.2, 0) is 4.79 Å². The highest BCUT2D eigenvalue weighted by atomic mass is 19.1. The minimum atomic E-state index is -0.652. The molecule has 0 aliphatic heterocycles. The maximum Gasteiger partial charge on any atom is 0.276 e. The van der Waals surface area contributed by atoms with Crippen LogP contribution in [0.3, 0.4) is 0 Å². The lowest BCUT2D eigenvalue weighted by molar-refractivity contribution is -0.120. The molecule has 0 aromatic carbocycles. The summed E-state index contributed by atoms with van der Waals surface area (Å²) in [5.74, 6) is -0.271. The molecule has 4 aromatic rings. The van der Waals surface area contributed by atoms with Crippen molar-refractivity contribution in [2.24, 2.45) is 5.73 Å². The van der Waals surface area contributed by atoms with Gasteiger partial charge in [-0.15, -0.1) is 5.10 Å². The molecule has 1 aliphatic rings. The van der Waals surface area contributed by atoms with Crippen molar-refractivity contribution in [2.75, 3.05) is 22.5 Å². The van der Waals surface area contributed by atoms with Gasteiger partial charge < -0.3 is 27.0 Å². The number of halogens is 1. The highest BCUT2D eigenvalue weighted by Crippen LogP contribution is 2.27. The van der Waals surface area contributed by atoms with E-state index in [9.17, 15) is 14.0 Å². The molecule has 1 saturated carbocycles. The zero-order valence-corrected chi connectivity index (χ0v) is 20.4. The third kappa shape index (κ3) is 5.67. The fraction of sp³-hybridized carbons (Fsp3) is 0.280. The summed E-state index contributed by atoms with van der Waals surface area (Å²) in [6.07, 6.45) is 8.70. The summed E-state index contributed by atoms with van der Waals surface area (Å²) in [5.41, 5.74) is 6.51. The third-order valence-corrected chi connectivity index (χ3v) is 6.28. The van der Waals surface area contributed by atoms with Crippen molar-refractivity contribution in [3.63, 3.8) is 0 Å². The van der Waals surface area contributed by atoms with E-state index in [2.05, 4.69) is 41.3 Å². The topological polar surface area (TPSA) is 164 Å². The molecule has 6 N–H and O–H groups in total. The van der Waals surface area contributed by atoms with Crippen molar-refractivity contribution in [3.8, 4) is 0 Å². The van der Waals surface area contributed by atoms with E-state index >= 15 is 0 Å². The fourth-order valence-corrected chi connectivity index (χ4v) is 4.40. The predicted octanol–water partition coefficient (Wildman–Crippen LogP) is 2.45. The van der Waals surface area contributed by atoms with Gasteiger partial charge in [-0.2, -0.15) is 0 Å². The summed E-state index contributed by atoms with van der Waals surface area (Å²) in [6, 6.07) is 8.86. The first-order chi connectivity index (χ1) is 18.5. The second-order valence-electron chi connectivity index (χ2n) is 8.94. The quantitative estimate of drug-likeness (QED) is 0.236. The molecule has 13 heteroatoms. The highest BCUT2D eigenvalue weighted by Gasteiger charge is 2.24. The van der Waals surface area contributed by atoms with Crippen LogP contribution in [0.1, 0.15) is 36.2 Å². The number of pyridine rings is 2. The molecular weight excluding hydrogens is 491 g/mol. The van der Waals surface area contributed by atoms with Crippen LogP contribution >= 0.6 is 0 Å². The van der Waals surface area contributed by atoms with Crippen molar-refractivity contribution in [2.45, 2.75) is 37.8 Å². The molecule has 1 aliphatic carbocycles. The Kier molecular flexibility index (Phi) is 7.35. The molecule has 0 spiro atoms. The van der Waals surface area contributed by atoms with Gasteiger partial charge in [-0.25, -0.2) is 18.9 Å². The second kappa shape index (κ2) is 11.2. The van der Waals surface area contributed by atoms with Crippen LogP contribution < -0.4 is 27.0 Å². The second-order valence-corrected chi connectivity index (χ2v) is 8.94. The molecule has 4 aromatic heterocycles. The predicted molar refractivity (Wildman–Crippen MR) is 140 cm³/mol. The minimum Gasteiger partial charge on any atom is -0.366 e. The van der Waals surface area contributed by atoms with Gasteiger partial charge in [0.1, 0.15) is 11.6 Å². The SMILES string of the molecule is NCC(=O)N[C@H]1CC[C@H](Nc2cc(Nc3ccccn3)c3ncc(C(=O)Nc4ccncc4F)n3n2)CC1. The number of carbonyl (C=O) groups is 2. The van der Waals surface area contributed by atoms with Gasteiger partial charge in [0.15, 0.2) is 17.2 Å². The van der Waals surface area contributed by atoms with E-state index < -0.39 is 11.7 Å². The summed E-state index contributed by atoms with van der Waals surface area (Å²) < 4.78 is 15.5. The number of aromatic nitrogens is 5. The normalized spacial score (nSPS) is 17.1. The maximum atomic E-state index is 14.1. The van der Waals surface area contributed by atoms with Crippen molar-refractivity contribution in [1.29, 1.82) is 0 Å². The molecule has 4 heterocycles. The summed E-state index contributed by atoms with van der Waals surface area (Å²) >= 11 is 0. The number of hydrogen-bond donors (Lipinski definition) is 5. The largest absolute Gasteiger partial charge is 0.366 e. The van der Waals surface area contributed by atoms with Gasteiger partial charge in [-0.05, 0) is 43.9 Å². The van der Waals surface area contributed by atoms with E-state index in [0.29, 0.717) is 23.0 Å². The van der Waals surface area contributed by atoms with Gasteiger partial charge in [-0.1, -0.05) is 6.07 Å². The summed E-state index contributed by atoms with van der Waals surface area (Å²) in [4.78, 5) is 37.1. The summed E-state index contributed by atoms with van der Waals surface area (Å²) in [7, 11) is 0. The Morgan fingerprint density at radius 2 is 1.82 bits per heavy atom. The number of amides is 2. The van der Waals surface area contributed by atoms with Crippen molar-refractivity contribution in [1.82, 2.24) is 29.9 Å². The van der Waals surface area contributed by atoms with Crippen LogP contribution in [0.15, 0.2) is 55.1 Å². The average molecular weight is 519 g/mol. The number of rotatable bonds is 8.